The summed E-state index contributed by atoms with van der Waals surface area (Å²) in [6.45, 7) is 21.3. The first-order valence-corrected chi connectivity index (χ1v) is 48.1. The normalized spacial score (nSPS) is 13.0. The summed E-state index contributed by atoms with van der Waals surface area (Å²) in [4.78, 5) is 163. The van der Waals surface area contributed by atoms with Crippen LogP contribution in [0.3, 0.4) is 0 Å². The molecule has 2 aliphatic heterocycles. The minimum Gasteiger partial charge on any atom is -0.465 e. The summed E-state index contributed by atoms with van der Waals surface area (Å²) in [5.41, 5.74) is 18.6. The van der Waals surface area contributed by atoms with Crippen LogP contribution in [0.15, 0.2) is 72.8 Å². The summed E-state index contributed by atoms with van der Waals surface area (Å²) >= 11 is 22.8. The fourth-order valence-electron chi connectivity index (χ4n) is 9.72. The summed E-state index contributed by atoms with van der Waals surface area (Å²) in [7, 11) is 4.72. The van der Waals surface area contributed by atoms with Crippen LogP contribution in [-0.2, 0) is 164 Å². The Hall–Kier alpha value is -6.62. The lowest BCUT2D eigenvalue weighted by atomic mass is 9.98. The number of hydrogen-bond donors (Lipinski definition) is 9. The van der Waals surface area contributed by atoms with E-state index in [1.165, 1.54) is 53.6 Å². The number of imide groups is 2. The van der Waals surface area contributed by atoms with Gasteiger partial charge >= 0.3 is 23.9 Å². The number of nitrogens with zero attached hydrogens (tertiary/aromatic N) is 2. The van der Waals surface area contributed by atoms with E-state index in [1.807, 2.05) is 60.6 Å². The van der Waals surface area contributed by atoms with E-state index >= 15 is 0 Å². The molecular formula is C75H116N11O22P5S5. The van der Waals surface area contributed by atoms with Gasteiger partial charge < -0.3 is 76.4 Å². The van der Waals surface area contributed by atoms with Gasteiger partial charge in [0.25, 0.3) is 23.6 Å². The van der Waals surface area contributed by atoms with Crippen molar-refractivity contribution in [3.8, 4) is 11.1 Å². The minimum atomic E-state index is -0.607. The SMILES string of the molecule is CC(C)(C)OC(=O)CNC(CCCCNC(=O)COCCOCCNC(=O)CCN1C(=O)C=CC1=O)C(=O)P=S.CC(C)(C)OC(=O)CP=S.CC(C)(C)OC(=O)CP=S.CCC(=O)OCC1c2ccccc2-c2ccccc21.CN.NCNC(CCCCNC(=O)COCCOCCNC(=O)CCN1C(=O)C=CC1=O)C(N)=O.S=PP=S. The number of hydrogen-bond acceptors (Lipinski definition) is 31. The van der Waals surface area contributed by atoms with Gasteiger partial charge in [-0.05, 0) is 180 Å². The predicted octanol–water partition coefficient (Wildman–Crippen LogP) is 5.59. The van der Waals surface area contributed by atoms with Crippen molar-refractivity contribution in [2.45, 2.75) is 162 Å². The van der Waals surface area contributed by atoms with Crippen molar-refractivity contribution in [2.75, 3.05) is 131 Å². The molecule has 2 atom stereocenters. The van der Waals surface area contributed by atoms with E-state index in [9.17, 15) is 67.1 Å². The third-order valence-corrected chi connectivity index (χ3v) is 19.9. The Labute approximate surface area is 725 Å². The van der Waals surface area contributed by atoms with E-state index < -0.39 is 53.2 Å². The minimum absolute atomic E-state index is 0.00923. The van der Waals surface area contributed by atoms with Crippen LogP contribution in [0.2, 0.25) is 0 Å². The molecule has 2 heterocycles. The van der Waals surface area contributed by atoms with Crippen LogP contribution in [0.25, 0.3) is 11.1 Å². The zero-order chi connectivity index (χ0) is 89.5. The smallest absolute Gasteiger partial charge is 0.320 e. The average molecular weight is 1840 g/mol. The summed E-state index contributed by atoms with van der Waals surface area (Å²) in [6.07, 6.45) is 9.46. The number of fused-ring (bicyclic) bond motifs is 3. The Morgan fingerprint density at radius 2 is 0.856 bits per heavy atom. The number of carbonyl (C=O) groups excluding carboxylic acids is 14. The van der Waals surface area contributed by atoms with E-state index in [2.05, 4.69) is 121 Å². The van der Waals surface area contributed by atoms with Crippen molar-refractivity contribution < 1.29 is 105 Å². The fraction of sp³-hybridized carbons (Fsp3) is 0.600. The van der Waals surface area contributed by atoms with Gasteiger partial charge in [-0.3, -0.25) is 87.6 Å². The van der Waals surface area contributed by atoms with Gasteiger partial charge in [0.05, 0.1) is 77.9 Å². The number of benzene rings is 2. The van der Waals surface area contributed by atoms with Gasteiger partial charge in [-0.2, -0.15) is 0 Å². The fourth-order valence-corrected chi connectivity index (χ4v) is 11.4. The van der Waals surface area contributed by atoms with Crippen LogP contribution >= 0.6 is 36.2 Å². The Morgan fingerprint density at radius 1 is 0.483 bits per heavy atom. The molecule has 2 aromatic rings. The molecule has 1 aliphatic carbocycles. The molecule has 43 heteroatoms. The quantitative estimate of drug-likeness (QED) is 0.00974. The Balaban J connectivity index is 0. The standard InChI is InChI=1S/C25H39N4O9PS.C20H34N6O7.C17H16O2.2C6H11O2PS.CH5N.P2S2/c1-25(2,3)38-23(34)16-28-18(24(35)39-40)6-4-5-10-26-20(31)17-37-15-14-36-13-11-27-19(30)9-12-29-21(32)7-8-22(29)33;21-14-25-15(20(22)31)3-1-2-7-23-17(28)13-33-12-11-32-10-8-24-16(27)6-9-26-18(29)4-5-19(26)30;1-2-17(18)19-11-16-14-9-5-3-7-12(14)13-8-4-6-10-15(13)16;2*1-6(2,3)8-5(7)4-9-10;1-2;3-1-2-4/h7-8,18,28H,4-6,9-17H2,1-3H3,(H,26,31)(H,27,30);4-5,15,25H,1-3,6-14,21H2,(H2,22,31)(H,23,28)(H,24,27);3-10,16H,2,11H2,1H3;2*4H2,1-3H3;2H2,1H3;. The first-order valence-electron chi connectivity index (χ1n) is 37.5. The van der Waals surface area contributed by atoms with E-state index in [0.717, 1.165) is 23.9 Å². The molecule has 0 spiro atoms. The van der Waals surface area contributed by atoms with Crippen molar-refractivity contribution in [1.82, 2.24) is 41.7 Å². The molecule has 9 amide bonds. The maximum absolute atomic E-state index is 12.1. The Morgan fingerprint density at radius 3 is 1.21 bits per heavy atom. The summed E-state index contributed by atoms with van der Waals surface area (Å²) in [6, 6.07) is 15.7. The summed E-state index contributed by atoms with van der Waals surface area (Å²) in [5.74, 6) is -4.11. The molecule has 0 bridgehead atoms. The molecule has 0 saturated carbocycles. The Bertz CT molecular complexity index is 3490. The lowest BCUT2D eigenvalue weighted by Gasteiger charge is -2.21. The number of unbranched alkanes of at least 4 members (excludes halogenated alkanes) is 2. The van der Waals surface area contributed by atoms with Crippen molar-refractivity contribution in [1.29, 1.82) is 0 Å². The summed E-state index contributed by atoms with van der Waals surface area (Å²) < 4.78 is 41.6. The van der Waals surface area contributed by atoms with Crippen LogP contribution in [0.1, 0.15) is 144 Å². The van der Waals surface area contributed by atoms with Gasteiger partial charge in [-0.1, -0.05) is 79.1 Å². The number of amides is 9. The zero-order valence-corrected chi connectivity index (χ0v) is 77.4. The van der Waals surface area contributed by atoms with E-state index in [0.29, 0.717) is 91.7 Å². The molecule has 658 valence electrons. The van der Waals surface area contributed by atoms with Gasteiger partial charge in [0.2, 0.25) is 35.1 Å². The number of nitrogens with two attached hydrogens (primary N) is 3. The second-order valence-corrected chi connectivity index (χ2v) is 35.6. The second kappa shape index (κ2) is 68.0. The first kappa shape index (κ1) is 113. The number of rotatable bonds is 48. The van der Waals surface area contributed by atoms with Gasteiger partial charge in [0.15, 0.2) is 0 Å². The number of nitrogens with one attached hydrogen (secondary N) is 6. The van der Waals surface area contributed by atoms with E-state index in [-0.39, 0.29) is 177 Å². The van der Waals surface area contributed by atoms with Crippen molar-refractivity contribution >= 4 is 178 Å². The molecule has 118 heavy (non-hydrogen) atoms. The number of ether oxygens (including phenoxy) is 8. The van der Waals surface area contributed by atoms with Gasteiger partial charge in [0.1, 0.15) is 36.6 Å². The average Bonchev–Trinajstić information content (AvgIpc) is 1.62. The molecule has 5 rings (SSSR count). The molecule has 2 unspecified atom stereocenters. The van der Waals surface area contributed by atoms with E-state index in [1.54, 1.807) is 20.8 Å². The molecule has 0 saturated heterocycles. The van der Waals surface area contributed by atoms with Crippen LogP contribution in [-0.4, -0.2) is 253 Å². The highest BCUT2D eigenvalue weighted by Gasteiger charge is 2.30. The van der Waals surface area contributed by atoms with Gasteiger partial charge in [0, 0.05) is 110 Å². The molecule has 2 aromatic carbocycles. The van der Waals surface area contributed by atoms with E-state index in [4.69, 9.17) is 61.2 Å². The zero-order valence-electron chi connectivity index (χ0n) is 68.8. The molecule has 12 N–H and O–H groups in total. The van der Waals surface area contributed by atoms with Gasteiger partial charge in [-0.25, -0.2) is 0 Å². The van der Waals surface area contributed by atoms with Gasteiger partial charge in [-0.15, -0.1) is 0 Å². The molecule has 0 radical (unpaired) electrons. The van der Waals surface area contributed by atoms with Crippen LogP contribution in [0.4, 0.5) is 0 Å². The largest absolute Gasteiger partial charge is 0.465 e. The van der Waals surface area contributed by atoms with Crippen LogP contribution < -0.4 is 49.1 Å². The van der Waals surface area contributed by atoms with Crippen LogP contribution in [0, 0.1) is 0 Å². The highest BCUT2D eigenvalue weighted by Crippen LogP contribution is 2.44. The first-order chi connectivity index (χ1) is 55.9. The number of esters is 4. The van der Waals surface area contributed by atoms with Crippen LogP contribution in [0.5, 0.6) is 0 Å². The second-order valence-electron chi connectivity index (χ2n) is 27.5. The third kappa shape index (κ3) is 58.4. The monoisotopic (exact) mass is 1840 g/mol. The summed E-state index contributed by atoms with van der Waals surface area (Å²) in [5, 5.41) is 16.4. The highest BCUT2D eigenvalue weighted by atomic mass is 32.7. The maximum Gasteiger partial charge on any atom is 0.320 e. The highest BCUT2D eigenvalue weighted by molar-refractivity contribution is 8.40. The molecular weight excluding hydrogens is 1720 g/mol. The topological polar surface area (TPSA) is 470 Å². The molecule has 0 fully saturated rings. The lowest BCUT2D eigenvalue weighted by Crippen LogP contribution is -2.43. The Kier molecular flexibility index (Phi) is 65.3. The van der Waals surface area contributed by atoms with Crippen molar-refractivity contribution in [3.63, 3.8) is 0 Å². The molecule has 3 aliphatic rings. The van der Waals surface area contributed by atoms with Crippen molar-refractivity contribution in [2.24, 2.45) is 17.2 Å². The maximum atomic E-state index is 12.1. The molecule has 33 nitrogen and oxygen atoms in total. The lowest BCUT2D eigenvalue weighted by molar-refractivity contribution is -0.154. The third-order valence-electron chi connectivity index (χ3n) is 14.7. The number of carbonyl (C=O) groups is 14. The van der Waals surface area contributed by atoms with Crippen molar-refractivity contribution in [3.05, 3.63) is 84.0 Å². The molecule has 0 aromatic heterocycles. The number of primary amides is 1. The predicted molar refractivity (Wildman–Crippen MR) is 470 cm³/mol.